The predicted molar refractivity (Wildman–Crippen MR) is 108 cm³/mol. The minimum Gasteiger partial charge on any atom is -0.325 e. The lowest BCUT2D eigenvalue weighted by atomic mass is 10.0. The van der Waals surface area contributed by atoms with Gasteiger partial charge in [-0.15, -0.1) is 10.2 Å². The molecule has 1 aromatic heterocycles. The molecule has 0 fully saturated rings. The number of amides is 1. The number of aryl methyl sites for hydroxylation is 2. The molecule has 0 unspecified atom stereocenters. The fourth-order valence-corrected chi connectivity index (χ4v) is 4.25. The smallest absolute Gasteiger partial charge is 0.240 e. The molecule has 8 heteroatoms. The molecule has 0 bridgehead atoms. The Bertz CT molecular complexity index is 988. The van der Waals surface area contributed by atoms with Crippen LogP contribution in [0.5, 0.6) is 0 Å². The number of rotatable bonds is 3. The molecule has 0 saturated carbocycles. The van der Waals surface area contributed by atoms with E-state index in [-0.39, 0.29) is 11.9 Å². The number of thioether (sulfide) groups is 1. The maximum Gasteiger partial charge on any atom is 0.240 e. The SMILES string of the molecule is Cc1ccccc1NC(=O)[C@@H]1Sc2nnc(C)n2N[C@H]1c1ccc(Cl)cc1. The van der Waals surface area contributed by atoms with Gasteiger partial charge in [-0.3, -0.25) is 4.79 Å². The molecule has 1 aliphatic rings. The third-order valence-electron chi connectivity index (χ3n) is 4.49. The molecule has 1 amide bonds. The van der Waals surface area contributed by atoms with Crippen LogP contribution in [0.15, 0.2) is 53.7 Å². The average molecular weight is 400 g/mol. The Labute approximate surface area is 166 Å². The van der Waals surface area contributed by atoms with Crippen molar-refractivity contribution in [1.82, 2.24) is 14.9 Å². The van der Waals surface area contributed by atoms with Crippen LogP contribution in [0.3, 0.4) is 0 Å². The van der Waals surface area contributed by atoms with Gasteiger partial charge >= 0.3 is 0 Å². The van der Waals surface area contributed by atoms with E-state index in [4.69, 9.17) is 11.6 Å². The number of halogens is 1. The second-order valence-electron chi connectivity index (χ2n) is 6.37. The first kappa shape index (κ1) is 17.9. The van der Waals surface area contributed by atoms with Crippen molar-refractivity contribution in [2.45, 2.75) is 30.3 Å². The minimum absolute atomic E-state index is 0.0892. The lowest BCUT2D eigenvalue weighted by molar-refractivity contribution is -0.116. The topological polar surface area (TPSA) is 71.8 Å². The summed E-state index contributed by atoms with van der Waals surface area (Å²) in [6.07, 6.45) is 0. The summed E-state index contributed by atoms with van der Waals surface area (Å²) in [6.45, 7) is 3.84. The molecule has 0 radical (unpaired) electrons. The Kier molecular flexibility index (Phi) is 4.80. The highest BCUT2D eigenvalue weighted by molar-refractivity contribution is 8.00. The third-order valence-corrected chi connectivity index (χ3v) is 5.96. The zero-order chi connectivity index (χ0) is 19.0. The Morgan fingerprint density at radius 2 is 1.89 bits per heavy atom. The van der Waals surface area contributed by atoms with Crippen molar-refractivity contribution in [3.05, 3.63) is 70.5 Å². The van der Waals surface area contributed by atoms with E-state index in [2.05, 4.69) is 20.9 Å². The first-order chi connectivity index (χ1) is 13.0. The lowest BCUT2D eigenvalue weighted by Crippen LogP contribution is -2.41. The number of hydrogen-bond donors (Lipinski definition) is 2. The highest BCUT2D eigenvalue weighted by atomic mass is 35.5. The summed E-state index contributed by atoms with van der Waals surface area (Å²) in [7, 11) is 0. The van der Waals surface area contributed by atoms with Gasteiger partial charge in [0.1, 0.15) is 11.1 Å². The van der Waals surface area contributed by atoms with Crippen molar-refractivity contribution in [2.75, 3.05) is 10.7 Å². The van der Waals surface area contributed by atoms with Crippen LogP contribution in [0.1, 0.15) is 23.0 Å². The Hall–Kier alpha value is -2.51. The molecule has 0 aliphatic carbocycles. The number of nitrogens with one attached hydrogen (secondary N) is 2. The van der Waals surface area contributed by atoms with Crippen molar-refractivity contribution in [2.24, 2.45) is 0 Å². The summed E-state index contributed by atoms with van der Waals surface area (Å²) in [4.78, 5) is 13.1. The number of carbonyl (C=O) groups is 1. The standard InChI is InChI=1S/C19H18ClN5OS/c1-11-5-3-4-6-15(11)21-18(26)17-16(13-7-9-14(20)10-8-13)24-25-12(2)22-23-19(25)27-17/h3-10,16-17,24H,1-2H3,(H,21,26)/t16-,17+/m0/s1. The van der Waals surface area contributed by atoms with Crippen LogP contribution in [0, 0.1) is 13.8 Å². The van der Waals surface area contributed by atoms with Gasteiger partial charge in [0, 0.05) is 10.7 Å². The van der Waals surface area contributed by atoms with Gasteiger partial charge < -0.3 is 10.7 Å². The Morgan fingerprint density at radius 1 is 1.15 bits per heavy atom. The monoisotopic (exact) mass is 399 g/mol. The van der Waals surface area contributed by atoms with E-state index >= 15 is 0 Å². The largest absolute Gasteiger partial charge is 0.325 e. The van der Waals surface area contributed by atoms with Crippen molar-refractivity contribution < 1.29 is 4.79 Å². The van der Waals surface area contributed by atoms with Crippen molar-refractivity contribution >= 4 is 35.0 Å². The van der Waals surface area contributed by atoms with E-state index in [1.165, 1.54) is 11.8 Å². The Morgan fingerprint density at radius 3 is 2.63 bits per heavy atom. The van der Waals surface area contributed by atoms with Gasteiger partial charge in [-0.25, -0.2) is 4.68 Å². The van der Waals surface area contributed by atoms with Crippen molar-refractivity contribution in [3.8, 4) is 0 Å². The molecule has 138 valence electrons. The Balaban J connectivity index is 1.68. The quantitative estimate of drug-likeness (QED) is 0.697. The van der Waals surface area contributed by atoms with Crippen LogP contribution in [0.4, 0.5) is 5.69 Å². The van der Waals surface area contributed by atoms with E-state index in [0.717, 1.165) is 22.6 Å². The number of anilines is 1. The number of fused-ring (bicyclic) bond motifs is 1. The summed E-state index contributed by atoms with van der Waals surface area (Å²) in [6, 6.07) is 15.0. The summed E-state index contributed by atoms with van der Waals surface area (Å²) in [5.41, 5.74) is 6.17. The van der Waals surface area contributed by atoms with Gasteiger partial charge in [-0.1, -0.05) is 53.7 Å². The summed E-state index contributed by atoms with van der Waals surface area (Å²) >= 11 is 7.43. The summed E-state index contributed by atoms with van der Waals surface area (Å²) in [5.74, 6) is 0.655. The maximum atomic E-state index is 13.1. The van der Waals surface area contributed by atoms with Gasteiger partial charge in [0.05, 0.1) is 6.04 Å². The summed E-state index contributed by atoms with van der Waals surface area (Å²) < 4.78 is 1.82. The molecule has 2 N–H and O–H groups in total. The molecule has 0 spiro atoms. The van der Waals surface area contributed by atoms with Gasteiger partial charge in [-0.05, 0) is 43.2 Å². The zero-order valence-electron chi connectivity index (χ0n) is 14.8. The molecule has 2 atom stereocenters. The molecule has 6 nitrogen and oxygen atoms in total. The van der Waals surface area contributed by atoms with E-state index < -0.39 is 5.25 Å². The number of benzene rings is 2. The van der Waals surface area contributed by atoms with Crippen LogP contribution in [0.25, 0.3) is 0 Å². The lowest BCUT2D eigenvalue weighted by Gasteiger charge is -2.32. The second kappa shape index (κ2) is 7.25. The second-order valence-corrected chi connectivity index (χ2v) is 7.91. The van der Waals surface area contributed by atoms with Crippen LogP contribution < -0.4 is 10.7 Å². The molecular weight excluding hydrogens is 382 g/mol. The van der Waals surface area contributed by atoms with Crippen LogP contribution >= 0.6 is 23.4 Å². The fourth-order valence-electron chi connectivity index (χ4n) is 3.00. The molecule has 0 saturated heterocycles. The minimum atomic E-state index is -0.415. The molecular formula is C19H18ClN5OS. The normalized spacial score (nSPS) is 18.5. The zero-order valence-corrected chi connectivity index (χ0v) is 16.4. The highest BCUT2D eigenvalue weighted by Crippen LogP contribution is 2.37. The number of nitrogens with zero attached hydrogens (tertiary/aromatic N) is 3. The van der Waals surface area contributed by atoms with Crippen LogP contribution in [-0.2, 0) is 4.79 Å². The van der Waals surface area contributed by atoms with E-state index in [1.54, 1.807) is 0 Å². The number of carbonyl (C=O) groups excluding carboxylic acids is 1. The van der Waals surface area contributed by atoms with Crippen LogP contribution in [0.2, 0.25) is 5.02 Å². The first-order valence-corrected chi connectivity index (χ1v) is 9.76. The number of para-hydroxylation sites is 1. The van der Waals surface area contributed by atoms with Crippen LogP contribution in [-0.4, -0.2) is 26.0 Å². The van der Waals surface area contributed by atoms with Crippen molar-refractivity contribution in [1.29, 1.82) is 0 Å². The molecule has 1 aliphatic heterocycles. The van der Waals surface area contributed by atoms with E-state index in [9.17, 15) is 4.79 Å². The van der Waals surface area contributed by atoms with E-state index in [0.29, 0.717) is 10.2 Å². The van der Waals surface area contributed by atoms with Gasteiger partial charge in [-0.2, -0.15) is 0 Å². The molecule has 3 aromatic rings. The van der Waals surface area contributed by atoms with Gasteiger partial charge in [0.25, 0.3) is 0 Å². The molecule has 2 heterocycles. The van der Waals surface area contributed by atoms with Gasteiger partial charge in [0.15, 0.2) is 0 Å². The summed E-state index contributed by atoms with van der Waals surface area (Å²) in [5, 5.41) is 12.2. The van der Waals surface area contributed by atoms with Crippen molar-refractivity contribution in [3.63, 3.8) is 0 Å². The maximum absolute atomic E-state index is 13.1. The average Bonchev–Trinajstić information content (AvgIpc) is 3.03. The number of hydrogen-bond acceptors (Lipinski definition) is 5. The predicted octanol–water partition coefficient (Wildman–Crippen LogP) is 3.95. The molecule has 4 rings (SSSR count). The third kappa shape index (κ3) is 3.52. The fraction of sp³-hybridized carbons (Fsp3) is 0.211. The molecule has 27 heavy (non-hydrogen) atoms. The van der Waals surface area contributed by atoms with Gasteiger partial charge in [0.2, 0.25) is 11.1 Å². The van der Waals surface area contributed by atoms with E-state index in [1.807, 2.05) is 67.1 Å². The first-order valence-electron chi connectivity index (χ1n) is 8.50. The number of aromatic nitrogens is 3. The molecule has 2 aromatic carbocycles. The highest BCUT2D eigenvalue weighted by Gasteiger charge is 2.37.